The first-order valence-electron chi connectivity index (χ1n) is 9.08. The zero-order chi connectivity index (χ0) is 20.2. The Hall–Kier alpha value is -1.44. The number of hydrogen-bond donors (Lipinski definition) is 2. The molecule has 0 unspecified atom stereocenters. The normalized spacial score (nSPS) is 20.9. The summed E-state index contributed by atoms with van der Waals surface area (Å²) < 4.78 is 26.4. The summed E-state index contributed by atoms with van der Waals surface area (Å²) in [5.74, 6) is -0.562. The minimum absolute atomic E-state index is 0.0737. The van der Waals surface area contributed by atoms with Crippen LogP contribution in [0.4, 0.5) is 0 Å². The van der Waals surface area contributed by atoms with E-state index in [-0.39, 0.29) is 30.2 Å². The van der Waals surface area contributed by atoms with Crippen LogP contribution in [0, 0.1) is 5.92 Å². The lowest BCUT2D eigenvalue weighted by Gasteiger charge is -2.30. The molecule has 2 rings (SSSR count). The lowest BCUT2D eigenvalue weighted by molar-refractivity contribution is -0.125. The second kappa shape index (κ2) is 8.71. The molecule has 27 heavy (non-hydrogen) atoms. The number of sulfonamides is 1. The molecule has 0 aliphatic heterocycles. The molecule has 150 valence electrons. The molecule has 1 aliphatic carbocycles. The second-order valence-corrected chi connectivity index (χ2v) is 10.8. The second-order valence-electron chi connectivity index (χ2n) is 7.93. The van der Waals surface area contributed by atoms with Crippen LogP contribution in [0.5, 0.6) is 0 Å². The number of carbonyl (C=O) groups excluding carboxylic acids is 2. The van der Waals surface area contributed by atoms with Gasteiger partial charge in [0.25, 0.3) is 0 Å². The van der Waals surface area contributed by atoms with Gasteiger partial charge in [-0.2, -0.15) is 0 Å². The van der Waals surface area contributed by atoms with Crippen molar-refractivity contribution >= 4 is 33.3 Å². The number of nitrogens with one attached hydrogen (secondary N) is 2. The minimum Gasteiger partial charge on any atom is -0.348 e. The maximum absolute atomic E-state index is 12.3. The largest absolute Gasteiger partial charge is 0.348 e. The lowest BCUT2D eigenvalue weighted by atomic mass is 9.86. The van der Waals surface area contributed by atoms with Gasteiger partial charge in [0.1, 0.15) is 0 Å². The van der Waals surface area contributed by atoms with Crippen molar-refractivity contribution in [1.29, 1.82) is 0 Å². The molecular formula is C19H27ClN2O4S. The molecule has 1 aliphatic rings. The van der Waals surface area contributed by atoms with Gasteiger partial charge in [-0.1, -0.05) is 23.7 Å². The average Bonchev–Trinajstić information content (AvgIpc) is 2.58. The molecule has 0 aromatic heterocycles. The van der Waals surface area contributed by atoms with E-state index in [1.54, 1.807) is 45.0 Å². The van der Waals surface area contributed by atoms with Gasteiger partial charge in [0, 0.05) is 22.5 Å². The Morgan fingerprint density at radius 2 is 1.78 bits per heavy atom. The Balaban J connectivity index is 1.80. The van der Waals surface area contributed by atoms with Crippen LogP contribution >= 0.6 is 11.6 Å². The van der Waals surface area contributed by atoms with Gasteiger partial charge in [-0.15, -0.1) is 0 Å². The highest BCUT2D eigenvalue weighted by Crippen LogP contribution is 2.26. The molecule has 0 atom stereocenters. The molecule has 6 nitrogen and oxygen atoms in total. The number of hydrogen-bond acceptors (Lipinski definition) is 4. The van der Waals surface area contributed by atoms with Crippen LogP contribution in [0.25, 0.3) is 0 Å². The molecule has 1 saturated carbocycles. The molecule has 0 saturated heterocycles. The highest BCUT2D eigenvalue weighted by atomic mass is 35.5. The van der Waals surface area contributed by atoms with Crippen molar-refractivity contribution in [2.24, 2.45) is 5.92 Å². The number of rotatable bonds is 6. The molecule has 0 bridgehead atoms. The van der Waals surface area contributed by atoms with Crippen LogP contribution in [0.3, 0.4) is 0 Å². The summed E-state index contributed by atoms with van der Waals surface area (Å²) >= 11 is 5.87. The van der Waals surface area contributed by atoms with Crippen LogP contribution in [0.2, 0.25) is 5.02 Å². The van der Waals surface area contributed by atoms with E-state index >= 15 is 0 Å². The third-order valence-electron chi connectivity index (χ3n) is 4.80. The highest BCUT2D eigenvalue weighted by Gasteiger charge is 2.34. The van der Waals surface area contributed by atoms with Crippen molar-refractivity contribution in [2.45, 2.75) is 57.2 Å². The molecule has 1 amide bonds. The van der Waals surface area contributed by atoms with E-state index in [4.69, 9.17) is 11.6 Å². The van der Waals surface area contributed by atoms with Crippen molar-refractivity contribution < 1.29 is 18.0 Å². The average molecular weight is 415 g/mol. The predicted molar refractivity (Wildman–Crippen MR) is 106 cm³/mol. The van der Waals surface area contributed by atoms with Gasteiger partial charge >= 0.3 is 0 Å². The molecule has 0 radical (unpaired) electrons. The van der Waals surface area contributed by atoms with Crippen molar-refractivity contribution in [3.05, 3.63) is 34.9 Å². The summed E-state index contributed by atoms with van der Waals surface area (Å²) in [7, 11) is -3.40. The third-order valence-corrected chi connectivity index (χ3v) is 7.29. The smallest absolute Gasteiger partial charge is 0.223 e. The van der Waals surface area contributed by atoms with Crippen molar-refractivity contribution in [3.8, 4) is 0 Å². The third kappa shape index (κ3) is 6.02. The Kier molecular flexibility index (Phi) is 7.05. The van der Waals surface area contributed by atoms with E-state index in [0.717, 1.165) is 0 Å². The van der Waals surface area contributed by atoms with E-state index in [2.05, 4.69) is 10.0 Å². The van der Waals surface area contributed by atoms with Gasteiger partial charge in [-0.25, -0.2) is 13.1 Å². The van der Waals surface area contributed by atoms with Crippen LogP contribution in [-0.4, -0.2) is 37.4 Å². The number of Topliss-reactive ketones (excluding diaryl/α,β-unsaturated/α-hetero) is 1. The summed E-state index contributed by atoms with van der Waals surface area (Å²) in [6, 6.07) is 6.46. The molecule has 0 heterocycles. The SMILES string of the molecule is CC(C)(C)S(=O)(=O)NC1CCC(C(=O)NCC(=O)c2cccc(Cl)c2)CC1. The first-order chi connectivity index (χ1) is 12.5. The molecule has 2 N–H and O–H groups in total. The fourth-order valence-corrected chi connectivity index (χ4v) is 4.16. The molecule has 0 spiro atoms. The van der Waals surface area contributed by atoms with Crippen molar-refractivity contribution in [2.75, 3.05) is 6.54 Å². The predicted octanol–water partition coefficient (Wildman–Crippen LogP) is 2.92. The molecule has 8 heteroatoms. The van der Waals surface area contributed by atoms with E-state index in [1.165, 1.54) is 0 Å². The summed E-state index contributed by atoms with van der Waals surface area (Å²) in [4.78, 5) is 24.5. The first-order valence-corrected chi connectivity index (χ1v) is 10.9. The standard InChI is InChI=1S/C19H27ClN2O4S/c1-19(2,3)27(25,26)22-16-9-7-13(8-10-16)18(24)21-12-17(23)14-5-4-6-15(20)11-14/h4-6,11,13,16,22H,7-10,12H2,1-3H3,(H,21,24). The quantitative estimate of drug-likeness (QED) is 0.700. The van der Waals surface area contributed by atoms with Crippen molar-refractivity contribution in [3.63, 3.8) is 0 Å². The van der Waals surface area contributed by atoms with Gasteiger partial charge < -0.3 is 5.32 Å². The molecule has 1 aromatic rings. The minimum atomic E-state index is -3.40. The molecule has 1 fully saturated rings. The van der Waals surface area contributed by atoms with Crippen molar-refractivity contribution in [1.82, 2.24) is 10.0 Å². The number of halogens is 1. The van der Waals surface area contributed by atoms with Gasteiger partial charge in [0.15, 0.2) is 5.78 Å². The number of amides is 1. The number of ketones is 1. The fraction of sp³-hybridized carbons (Fsp3) is 0.579. The van der Waals surface area contributed by atoms with Crippen LogP contribution < -0.4 is 10.0 Å². The van der Waals surface area contributed by atoms with Crippen LogP contribution in [-0.2, 0) is 14.8 Å². The molecule has 1 aromatic carbocycles. The Morgan fingerprint density at radius 3 is 2.33 bits per heavy atom. The summed E-state index contributed by atoms with van der Waals surface area (Å²) in [5.41, 5.74) is 0.461. The maximum Gasteiger partial charge on any atom is 0.223 e. The van der Waals surface area contributed by atoms with Gasteiger partial charge in [-0.3, -0.25) is 9.59 Å². The monoisotopic (exact) mass is 414 g/mol. The van der Waals surface area contributed by atoms with Crippen LogP contribution in [0.1, 0.15) is 56.8 Å². The van der Waals surface area contributed by atoms with E-state index in [1.807, 2.05) is 0 Å². The van der Waals surface area contributed by atoms with Gasteiger partial charge in [-0.05, 0) is 58.6 Å². The van der Waals surface area contributed by atoms with E-state index in [0.29, 0.717) is 36.3 Å². The van der Waals surface area contributed by atoms with Crippen LogP contribution in [0.15, 0.2) is 24.3 Å². The summed E-state index contributed by atoms with van der Waals surface area (Å²) in [5, 5.41) is 3.16. The Bertz CT molecular complexity index is 794. The zero-order valence-electron chi connectivity index (χ0n) is 15.9. The maximum atomic E-state index is 12.3. The fourth-order valence-electron chi connectivity index (χ4n) is 2.95. The summed E-state index contributed by atoms with van der Waals surface area (Å²) in [6.07, 6.45) is 2.40. The Labute approximate surface area is 166 Å². The van der Waals surface area contributed by atoms with Gasteiger partial charge in [0.2, 0.25) is 15.9 Å². The number of carbonyl (C=O) groups is 2. The lowest BCUT2D eigenvalue weighted by Crippen LogP contribution is -2.47. The van der Waals surface area contributed by atoms with Gasteiger partial charge in [0.05, 0.1) is 11.3 Å². The van der Waals surface area contributed by atoms with E-state index in [9.17, 15) is 18.0 Å². The summed E-state index contributed by atoms with van der Waals surface area (Å²) in [6.45, 7) is 4.90. The highest BCUT2D eigenvalue weighted by molar-refractivity contribution is 7.90. The topological polar surface area (TPSA) is 92.3 Å². The first kappa shape index (κ1) is 21.9. The van der Waals surface area contributed by atoms with E-state index < -0.39 is 14.8 Å². The molecular weight excluding hydrogens is 388 g/mol. The number of benzene rings is 1. The zero-order valence-corrected chi connectivity index (χ0v) is 17.5. The Morgan fingerprint density at radius 1 is 1.15 bits per heavy atom.